The molecule has 0 aliphatic carbocycles. The fourth-order valence-electron chi connectivity index (χ4n) is 1.62. The second-order valence-electron chi connectivity index (χ2n) is 4.85. The van der Waals surface area contributed by atoms with E-state index in [2.05, 4.69) is 33.4 Å². The summed E-state index contributed by atoms with van der Waals surface area (Å²) in [5.41, 5.74) is 2.97. The number of rotatable bonds is 0. The van der Waals surface area contributed by atoms with E-state index in [1.165, 1.54) is 0 Å². The van der Waals surface area contributed by atoms with Gasteiger partial charge in [0.2, 0.25) is 0 Å². The molecule has 0 aromatic heterocycles. The van der Waals surface area contributed by atoms with Gasteiger partial charge in [-0.25, -0.2) is 0 Å². The van der Waals surface area contributed by atoms with Crippen LogP contribution >= 0.6 is 35.8 Å². The van der Waals surface area contributed by atoms with Crippen LogP contribution in [0.25, 0.3) is 0 Å². The highest BCUT2D eigenvalue weighted by molar-refractivity contribution is 7.80. The molecular formula is C12H16Cl2S. The van der Waals surface area contributed by atoms with Crippen molar-refractivity contribution in [2.45, 2.75) is 44.9 Å². The van der Waals surface area contributed by atoms with E-state index in [4.69, 9.17) is 23.2 Å². The molecule has 0 saturated heterocycles. The molecule has 0 aliphatic rings. The van der Waals surface area contributed by atoms with Gasteiger partial charge in [0.15, 0.2) is 0 Å². The minimum atomic E-state index is -0.0504. The predicted molar refractivity (Wildman–Crippen MR) is 71.9 cm³/mol. The van der Waals surface area contributed by atoms with Crippen molar-refractivity contribution in [3.63, 3.8) is 0 Å². The van der Waals surface area contributed by atoms with Crippen molar-refractivity contribution in [3.8, 4) is 0 Å². The summed E-state index contributed by atoms with van der Waals surface area (Å²) in [7, 11) is 0. The summed E-state index contributed by atoms with van der Waals surface area (Å²) < 4.78 is 0. The molecule has 0 spiro atoms. The van der Waals surface area contributed by atoms with Crippen molar-refractivity contribution >= 4 is 35.8 Å². The third kappa shape index (κ3) is 2.30. The summed E-state index contributed by atoms with van der Waals surface area (Å²) in [6.45, 7) is 10.3. The van der Waals surface area contributed by atoms with Crippen molar-refractivity contribution in [2.75, 3.05) is 0 Å². The molecule has 0 fully saturated rings. The van der Waals surface area contributed by atoms with E-state index in [1.54, 1.807) is 0 Å². The zero-order chi connectivity index (χ0) is 12.0. The number of halogens is 2. The van der Waals surface area contributed by atoms with Crippen molar-refractivity contribution < 1.29 is 0 Å². The normalized spacial score (nSPS) is 12.0. The van der Waals surface area contributed by atoms with E-state index >= 15 is 0 Å². The van der Waals surface area contributed by atoms with Crippen molar-refractivity contribution in [1.29, 1.82) is 0 Å². The van der Waals surface area contributed by atoms with Gasteiger partial charge in [-0.15, -0.1) is 12.6 Å². The maximum Gasteiger partial charge on any atom is 0.0498 e. The Morgan fingerprint density at radius 2 is 1.27 bits per heavy atom. The van der Waals surface area contributed by atoms with Gasteiger partial charge >= 0.3 is 0 Å². The minimum Gasteiger partial charge on any atom is -0.143 e. The van der Waals surface area contributed by atoms with Crippen LogP contribution in [0.3, 0.4) is 0 Å². The van der Waals surface area contributed by atoms with Gasteiger partial charge in [0, 0.05) is 14.9 Å². The lowest BCUT2D eigenvalue weighted by Gasteiger charge is -2.25. The van der Waals surface area contributed by atoms with Crippen molar-refractivity contribution in [2.24, 2.45) is 0 Å². The Balaban J connectivity index is 3.68. The number of benzene rings is 1. The monoisotopic (exact) mass is 262 g/mol. The smallest absolute Gasteiger partial charge is 0.0498 e. The third-order valence-corrected chi connectivity index (χ3v) is 4.17. The second-order valence-corrected chi connectivity index (χ2v) is 6.05. The van der Waals surface area contributed by atoms with Gasteiger partial charge in [0.05, 0.1) is 0 Å². The molecule has 0 bridgehead atoms. The molecule has 1 aromatic carbocycles. The first-order chi connectivity index (χ1) is 6.68. The lowest BCUT2D eigenvalue weighted by atomic mass is 9.85. The summed E-state index contributed by atoms with van der Waals surface area (Å²) in [6.07, 6.45) is 0. The number of thiol groups is 1. The van der Waals surface area contributed by atoms with E-state index in [-0.39, 0.29) is 5.41 Å². The SMILES string of the molecule is Cc1c(S)c(C)c(Cl)c(C(C)(C)C)c1Cl. The van der Waals surface area contributed by atoms with Gasteiger partial charge in [-0.3, -0.25) is 0 Å². The van der Waals surface area contributed by atoms with E-state index in [9.17, 15) is 0 Å². The number of hydrogen-bond acceptors (Lipinski definition) is 1. The molecule has 0 radical (unpaired) electrons. The van der Waals surface area contributed by atoms with Crippen LogP contribution in [-0.4, -0.2) is 0 Å². The van der Waals surface area contributed by atoms with Gasteiger partial charge in [0.25, 0.3) is 0 Å². The summed E-state index contributed by atoms with van der Waals surface area (Å²) in [4.78, 5) is 0.887. The molecule has 84 valence electrons. The first-order valence-corrected chi connectivity index (χ1v) is 6.05. The summed E-state index contributed by atoms with van der Waals surface area (Å²) in [6, 6.07) is 0. The Morgan fingerprint density at radius 1 is 0.933 bits per heavy atom. The van der Waals surface area contributed by atoms with E-state index in [0.29, 0.717) is 0 Å². The lowest BCUT2D eigenvalue weighted by Crippen LogP contribution is -2.14. The molecule has 0 amide bonds. The van der Waals surface area contributed by atoms with Crippen LogP contribution in [0.2, 0.25) is 10.0 Å². The minimum absolute atomic E-state index is 0.0504. The quantitative estimate of drug-likeness (QED) is 0.611. The molecule has 15 heavy (non-hydrogen) atoms. The molecule has 0 N–H and O–H groups in total. The standard InChI is InChI=1S/C12H16Cl2S/c1-6-9(13)8(12(3,4)5)10(14)7(2)11(6)15/h15H,1-5H3. The van der Waals surface area contributed by atoms with Gasteiger partial charge < -0.3 is 0 Å². The predicted octanol–water partition coefficient (Wildman–Crippen LogP) is 5.20. The average Bonchev–Trinajstić information content (AvgIpc) is 2.09. The molecule has 0 unspecified atom stereocenters. The zero-order valence-corrected chi connectivity index (χ0v) is 12.1. The maximum atomic E-state index is 6.33. The van der Waals surface area contributed by atoms with Crippen molar-refractivity contribution in [1.82, 2.24) is 0 Å². The highest BCUT2D eigenvalue weighted by atomic mass is 35.5. The van der Waals surface area contributed by atoms with Gasteiger partial charge in [-0.2, -0.15) is 0 Å². The molecule has 3 heteroatoms. The van der Waals surface area contributed by atoms with E-state index < -0.39 is 0 Å². The van der Waals surface area contributed by atoms with Crippen molar-refractivity contribution in [3.05, 3.63) is 26.7 Å². The Morgan fingerprint density at radius 3 is 1.53 bits per heavy atom. The van der Waals surface area contributed by atoms with E-state index in [1.807, 2.05) is 13.8 Å². The first kappa shape index (κ1) is 13.2. The van der Waals surface area contributed by atoms with Crippen LogP contribution in [0.15, 0.2) is 4.90 Å². The summed E-state index contributed by atoms with van der Waals surface area (Å²) in [5, 5.41) is 1.48. The van der Waals surface area contributed by atoms with E-state index in [0.717, 1.165) is 31.6 Å². The number of hydrogen-bond donors (Lipinski definition) is 1. The van der Waals surface area contributed by atoms with Crippen LogP contribution in [0.4, 0.5) is 0 Å². The molecule has 0 heterocycles. The Hall–Kier alpha value is 0.150. The Labute approximate surface area is 107 Å². The molecule has 0 atom stereocenters. The largest absolute Gasteiger partial charge is 0.143 e. The first-order valence-electron chi connectivity index (χ1n) is 4.85. The highest BCUT2D eigenvalue weighted by Gasteiger charge is 2.24. The van der Waals surface area contributed by atoms with Crippen LogP contribution in [0, 0.1) is 13.8 Å². The molecule has 0 saturated carbocycles. The van der Waals surface area contributed by atoms with Crippen LogP contribution < -0.4 is 0 Å². The molecule has 0 nitrogen and oxygen atoms in total. The zero-order valence-electron chi connectivity index (χ0n) is 9.70. The maximum absolute atomic E-state index is 6.33. The topological polar surface area (TPSA) is 0 Å². The Bertz CT molecular complexity index is 374. The molecule has 1 rings (SSSR count). The molecular weight excluding hydrogens is 247 g/mol. The average molecular weight is 263 g/mol. The third-order valence-electron chi connectivity index (χ3n) is 2.56. The second kappa shape index (κ2) is 4.20. The van der Waals surface area contributed by atoms with Gasteiger partial charge in [0.1, 0.15) is 0 Å². The lowest BCUT2D eigenvalue weighted by molar-refractivity contribution is 0.589. The highest BCUT2D eigenvalue weighted by Crippen LogP contribution is 2.42. The fraction of sp³-hybridized carbons (Fsp3) is 0.500. The molecule has 1 aromatic rings. The summed E-state index contributed by atoms with van der Waals surface area (Å²) >= 11 is 17.1. The van der Waals surface area contributed by atoms with Crippen LogP contribution in [0.5, 0.6) is 0 Å². The Kier molecular flexibility index (Phi) is 3.70. The van der Waals surface area contributed by atoms with Crippen LogP contribution in [-0.2, 0) is 5.41 Å². The van der Waals surface area contributed by atoms with Gasteiger partial charge in [-0.1, -0.05) is 44.0 Å². The summed E-state index contributed by atoms with van der Waals surface area (Å²) in [5.74, 6) is 0. The van der Waals surface area contributed by atoms with Gasteiger partial charge in [-0.05, 0) is 36.0 Å². The van der Waals surface area contributed by atoms with Crippen LogP contribution in [0.1, 0.15) is 37.5 Å². The molecule has 0 aliphatic heterocycles. The fourth-order valence-corrected chi connectivity index (χ4v) is 2.97.